The Morgan fingerprint density at radius 3 is 2.93 bits per heavy atom. The van der Waals surface area contributed by atoms with Crippen LogP contribution in [0.15, 0.2) is 18.3 Å². The first-order valence-corrected chi connectivity index (χ1v) is 4.72. The maximum absolute atomic E-state index is 11.5. The molecule has 74 valence electrons. The summed E-state index contributed by atoms with van der Waals surface area (Å²) in [6.07, 6.45) is 4.72. The number of hydrogen-bond acceptors (Lipinski definition) is 3. The van der Waals surface area contributed by atoms with Crippen molar-refractivity contribution < 1.29 is 9.90 Å². The Hall–Kier alpha value is -1.58. The van der Waals surface area contributed by atoms with Crippen LogP contribution in [0.25, 0.3) is 0 Å². The second-order valence-electron chi connectivity index (χ2n) is 3.47. The minimum absolute atomic E-state index is 0.0654. The third-order valence-electron chi connectivity index (χ3n) is 2.44. The smallest absolute Gasteiger partial charge is 0.273 e. The van der Waals surface area contributed by atoms with E-state index in [1.165, 1.54) is 18.7 Å². The number of pyridine rings is 1. The van der Waals surface area contributed by atoms with Crippen molar-refractivity contribution in [3.8, 4) is 5.75 Å². The van der Waals surface area contributed by atoms with Crippen LogP contribution >= 0.6 is 0 Å². The number of hydrogen-bond donors (Lipinski definition) is 2. The number of aromatic nitrogens is 1. The highest BCUT2D eigenvalue weighted by atomic mass is 16.3. The van der Waals surface area contributed by atoms with Crippen LogP contribution in [0.1, 0.15) is 29.8 Å². The number of nitrogens with zero attached hydrogens (tertiary/aromatic N) is 1. The maximum Gasteiger partial charge on any atom is 0.273 e. The van der Waals surface area contributed by atoms with Gasteiger partial charge in [0.25, 0.3) is 5.91 Å². The van der Waals surface area contributed by atoms with Crippen molar-refractivity contribution >= 4 is 5.91 Å². The van der Waals surface area contributed by atoms with E-state index in [0.29, 0.717) is 0 Å². The summed E-state index contributed by atoms with van der Waals surface area (Å²) in [4.78, 5) is 15.4. The fourth-order valence-electron chi connectivity index (χ4n) is 1.38. The SMILES string of the molecule is O=C(NC1CCC1)c1ncccc1O. The standard InChI is InChI=1S/C10H12N2O2/c13-8-5-2-6-11-9(8)10(14)12-7-3-1-4-7/h2,5-7,13H,1,3-4H2,(H,12,14). The molecule has 0 atom stereocenters. The minimum atomic E-state index is -0.284. The van der Waals surface area contributed by atoms with Gasteiger partial charge in [-0.3, -0.25) is 4.79 Å². The lowest BCUT2D eigenvalue weighted by molar-refractivity contribution is 0.0909. The highest BCUT2D eigenvalue weighted by Crippen LogP contribution is 2.19. The summed E-state index contributed by atoms with van der Waals surface area (Å²) in [6.45, 7) is 0. The molecule has 0 saturated heterocycles. The van der Waals surface area contributed by atoms with Crippen molar-refractivity contribution in [2.24, 2.45) is 0 Å². The lowest BCUT2D eigenvalue weighted by Crippen LogP contribution is -2.39. The highest BCUT2D eigenvalue weighted by molar-refractivity contribution is 5.94. The lowest BCUT2D eigenvalue weighted by Gasteiger charge is -2.26. The summed E-state index contributed by atoms with van der Waals surface area (Å²) in [5.41, 5.74) is 0.111. The first-order valence-electron chi connectivity index (χ1n) is 4.72. The molecule has 1 fully saturated rings. The summed E-state index contributed by atoms with van der Waals surface area (Å²) < 4.78 is 0. The zero-order valence-corrected chi connectivity index (χ0v) is 7.73. The Morgan fingerprint density at radius 2 is 2.36 bits per heavy atom. The molecule has 0 aromatic carbocycles. The lowest BCUT2D eigenvalue weighted by atomic mass is 9.93. The van der Waals surface area contributed by atoms with Crippen molar-refractivity contribution in [3.05, 3.63) is 24.0 Å². The Balaban J connectivity index is 2.06. The van der Waals surface area contributed by atoms with E-state index in [4.69, 9.17) is 0 Å². The molecular weight excluding hydrogens is 180 g/mol. The molecule has 1 amide bonds. The number of aromatic hydroxyl groups is 1. The normalized spacial score (nSPS) is 16.0. The first-order chi connectivity index (χ1) is 6.77. The van der Waals surface area contributed by atoms with Crippen LogP contribution in [-0.2, 0) is 0 Å². The second-order valence-corrected chi connectivity index (χ2v) is 3.47. The molecule has 1 aliphatic rings. The molecule has 4 nitrogen and oxygen atoms in total. The van der Waals surface area contributed by atoms with Crippen LogP contribution < -0.4 is 5.32 Å². The molecule has 1 saturated carbocycles. The molecule has 1 heterocycles. The fraction of sp³-hybridized carbons (Fsp3) is 0.400. The van der Waals surface area contributed by atoms with E-state index in [9.17, 15) is 9.90 Å². The van der Waals surface area contributed by atoms with E-state index in [-0.39, 0.29) is 23.4 Å². The van der Waals surface area contributed by atoms with E-state index in [0.717, 1.165) is 12.8 Å². The average molecular weight is 192 g/mol. The van der Waals surface area contributed by atoms with Crippen molar-refractivity contribution in [3.63, 3.8) is 0 Å². The van der Waals surface area contributed by atoms with Gasteiger partial charge < -0.3 is 10.4 Å². The van der Waals surface area contributed by atoms with Crippen LogP contribution in [0, 0.1) is 0 Å². The van der Waals surface area contributed by atoms with Crippen molar-refractivity contribution in [1.29, 1.82) is 0 Å². The predicted molar refractivity (Wildman–Crippen MR) is 51.0 cm³/mol. The monoisotopic (exact) mass is 192 g/mol. The van der Waals surface area contributed by atoms with E-state index < -0.39 is 0 Å². The largest absolute Gasteiger partial charge is 0.505 e. The van der Waals surface area contributed by atoms with E-state index in [1.807, 2.05) is 0 Å². The molecule has 0 unspecified atom stereocenters. The van der Waals surface area contributed by atoms with Crippen LogP contribution in [0.5, 0.6) is 5.75 Å². The Morgan fingerprint density at radius 1 is 1.57 bits per heavy atom. The summed E-state index contributed by atoms with van der Waals surface area (Å²) in [5, 5.41) is 12.2. The molecule has 0 aliphatic heterocycles. The molecule has 14 heavy (non-hydrogen) atoms. The van der Waals surface area contributed by atoms with Crippen LogP contribution in [0.3, 0.4) is 0 Å². The summed E-state index contributed by atoms with van der Waals surface area (Å²) >= 11 is 0. The number of nitrogens with one attached hydrogen (secondary N) is 1. The molecule has 2 N–H and O–H groups in total. The van der Waals surface area contributed by atoms with Crippen LogP contribution in [-0.4, -0.2) is 22.0 Å². The Kier molecular flexibility index (Phi) is 2.35. The Labute approximate surface area is 82.0 Å². The van der Waals surface area contributed by atoms with Gasteiger partial charge in [0, 0.05) is 12.2 Å². The second kappa shape index (κ2) is 3.65. The number of carbonyl (C=O) groups excluding carboxylic acids is 1. The fourth-order valence-corrected chi connectivity index (χ4v) is 1.38. The Bertz CT molecular complexity index is 348. The quantitative estimate of drug-likeness (QED) is 0.736. The third-order valence-corrected chi connectivity index (χ3v) is 2.44. The molecular formula is C10H12N2O2. The van der Waals surface area contributed by atoms with Gasteiger partial charge in [-0.2, -0.15) is 0 Å². The van der Waals surface area contributed by atoms with Gasteiger partial charge in [-0.25, -0.2) is 4.98 Å². The van der Waals surface area contributed by atoms with Gasteiger partial charge in [0.1, 0.15) is 5.75 Å². The number of carbonyl (C=O) groups is 1. The summed E-state index contributed by atoms with van der Waals surface area (Å²) in [5.74, 6) is -0.350. The van der Waals surface area contributed by atoms with Gasteiger partial charge in [-0.15, -0.1) is 0 Å². The van der Waals surface area contributed by atoms with Gasteiger partial charge in [-0.05, 0) is 31.4 Å². The van der Waals surface area contributed by atoms with Gasteiger partial charge >= 0.3 is 0 Å². The van der Waals surface area contributed by atoms with Crippen LogP contribution in [0.4, 0.5) is 0 Å². The first kappa shape index (κ1) is 8.99. The molecule has 1 aromatic heterocycles. The van der Waals surface area contributed by atoms with E-state index in [2.05, 4.69) is 10.3 Å². The van der Waals surface area contributed by atoms with Gasteiger partial charge in [0.15, 0.2) is 5.69 Å². The van der Waals surface area contributed by atoms with Gasteiger partial charge in [0.2, 0.25) is 0 Å². The average Bonchev–Trinajstić information content (AvgIpc) is 2.12. The summed E-state index contributed by atoms with van der Waals surface area (Å²) in [6, 6.07) is 3.32. The predicted octanol–water partition coefficient (Wildman–Crippen LogP) is 1.07. The minimum Gasteiger partial charge on any atom is -0.505 e. The molecule has 1 aromatic rings. The highest BCUT2D eigenvalue weighted by Gasteiger charge is 2.21. The zero-order chi connectivity index (χ0) is 9.97. The maximum atomic E-state index is 11.5. The molecule has 4 heteroatoms. The van der Waals surface area contributed by atoms with Crippen molar-refractivity contribution in [1.82, 2.24) is 10.3 Å². The van der Waals surface area contributed by atoms with Crippen molar-refractivity contribution in [2.45, 2.75) is 25.3 Å². The molecule has 1 aliphatic carbocycles. The molecule has 2 rings (SSSR count). The molecule has 0 bridgehead atoms. The molecule has 0 spiro atoms. The third kappa shape index (κ3) is 1.69. The van der Waals surface area contributed by atoms with E-state index >= 15 is 0 Å². The number of rotatable bonds is 2. The number of amides is 1. The van der Waals surface area contributed by atoms with E-state index in [1.54, 1.807) is 6.07 Å². The topological polar surface area (TPSA) is 62.2 Å². The van der Waals surface area contributed by atoms with Crippen molar-refractivity contribution in [2.75, 3.05) is 0 Å². The molecule has 0 radical (unpaired) electrons. The van der Waals surface area contributed by atoms with Crippen LogP contribution in [0.2, 0.25) is 0 Å². The van der Waals surface area contributed by atoms with Gasteiger partial charge in [0.05, 0.1) is 0 Å². The van der Waals surface area contributed by atoms with Gasteiger partial charge in [-0.1, -0.05) is 0 Å². The zero-order valence-electron chi connectivity index (χ0n) is 7.73. The summed E-state index contributed by atoms with van der Waals surface area (Å²) in [7, 11) is 0.